The lowest BCUT2D eigenvalue weighted by atomic mass is 9.80. The maximum atomic E-state index is 3.71. The fourth-order valence-electron chi connectivity index (χ4n) is 2.70. The zero-order chi connectivity index (χ0) is 8.60. The van der Waals surface area contributed by atoms with Crippen molar-refractivity contribution in [1.82, 2.24) is 10.6 Å². The molecule has 0 aromatic rings. The molecule has 2 aliphatic rings. The molecule has 0 aromatic heterocycles. The molecule has 0 radical (unpaired) electrons. The van der Waals surface area contributed by atoms with E-state index in [0.717, 1.165) is 12.5 Å². The summed E-state index contributed by atoms with van der Waals surface area (Å²) < 4.78 is 0. The van der Waals surface area contributed by atoms with Gasteiger partial charge >= 0.3 is 0 Å². The van der Waals surface area contributed by atoms with Crippen LogP contribution in [0.5, 0.6) is 0 Å². The van der Waals surface area contributed by atoms with Crippen LogP contribution < -0.4 is 10.6 Å². The van der Waals surface area contributed by atoms with Gasteiger partial charge in [-0.05, 0) is 25.7 Å². The van der Waals surface area contributed by atoms with Crippen molar-refractivity contribution < 1.29 is 0 Å². The molecule has 12 heavy (non-hydrogen) atoms. The third kappa shape index (κ3) is 1.27. The molecular formula is C10H20N2. The summed E-state index contributed by atoms with van der Waals surface area (Å²) in [5.41, 5.74) is 0.303. The molecule has 2 fully saturated rings. The highest BCUT2D eigenvalue weighted by atomic mass is 15.3. The van der Waals surface area contributed by atoms with Crippen LogP contribution >= 0.6 is 0 Å². The third-order valence-electron chi connectivity index (χ3n) is 3.53. The number of nitrogens with one attached hydrogen (secondary N) is 2. The Morgan fingerprint density at radius 2 is 2.08 bits per heavy atom. The fraction of sp³-hybridized carbons (Fsp3) is 1.00. The second-order valence-corrected chi connectivity index (χ2v) is 4.54. The monoisotopic (exact) mass is 168 g/mol. The highest BCUT2D eigenvalue weighted by molar-refractivity contribution is 4.99. The molecule has 1 spiro atoms. The van der Waals surface area contributed by atoms with Crippen molar-refractivity contribution in [1.29, 1.82) is 0 Å². The highest BCUT2D eigenvalue weighted by Crippen LogP contribution is 2.33. The Morgan fingerprint density at radius 1 is 1.25 bits per heavy atom. The van der Waals surface area contributed by atoms with E-state index in [-0.39, 0.29) is 0 Å². The lowest BCUT2D eigenvalue weighted by Gasteiger charge is -2.40. The smallest absolute Gasteiger partial charge is 0.0716 e. The molecule has 0 aromatic carbocycles. The first-order valence-corrected chi connectivity index (χ1v) is 5.26. The minimum absolute atomic E-state index is 0.303. The van der Waals surface area contributed by atoms with Crippen LogP contribution in [0, 0.1) is 5.92 Å². The molecule has 0 bridgehead atoms. The topological polar surface area (TPSA) is 24.1 Å². The molecule has 1 aliphatic carbocycles. The van der Waals surface area contributed by atoms with Crippen molar-refractivity contribution in [3.63, 3.8) is 0 Å². The Balaban J connectivity index is 2.07. The zero-order valence-corrected chi connectivity index (χ0v) is 8.19. The van der Waals surface area contributed by atoms with Gasteiger partial charge in [0.05, 0.1) is 5.66 Å². The summed E-state index contributed by atoms with van der Waals surface area (Å²) >= 11 is 0. The molecule has 1 heterocycles. The Hall–Kier alpha value is -0.0800. The van der Waals surface area contributed by atoms with Crippen molar-refractivity contribution in [3.8, 4) is 0 Å². The van der Waals surface area contributed by atoms with Gasteiger partial charge in [0, 0.05) is 12.6 Å². The SMILES string of the molecule is C[C@H]1CN[C@]2(CCCC[C@@H]2C)N1. The average molecular weight is 168 g/mol. The summed E-state index contributed by atoms with van der Waals surface area (Å²) in [6, 6.07) is 0.658. The molecule has 2 N–H and O–H groups in total. The molecule has 0 amide bonds. The highest BCUT2D eigenvalue weighted by Gasteiger charge is 2.41. The molecule has 2 nitrogen and oxygen atoms in total. The molecule has 3 atom stereocenters. The molecule has 0 unspecified atom stereocenters. The van der Waals surface area contributed by atoms with Crippen LogP contribution in [0.4, 0.5) is 0 Å². The summed E-state index contributed by atoms with van der Waals surface area (Å²) in [4.78, 5) is 0. The van der Waals surface area contributed by atoms with Crippen molar-refractivity contribution in [2.45, 2.75) is 51.2 Å². The van der Waals surface area contributed by atoms with E-state index < -0.39 is 0 Å². The molecule has 1 aliphatic heterocycles. The van der Waals surface area contributed by atoms with Crippen LogP contribution in [0.1, 0.15) is 39.5 Å². The Bertz CT molecular complexity index is 165. The lowest BCUT2D eigenvalue weighted by molar-refractivity contribution is 0.150. The quantitative estimate of drug-likeness (QED) is 0.572. The zero-order valence-electron chi connectivity index (χ0n) is 8.19. The first-order valence-electron chi connectivity index (χ1n) is 5.26. The van der Waals surface area contributed by atoms with E-state index in [0.29, 0.717) is 11.7 Å². The summed E-state index contributed by atoms with van der Waals surface area (Å²) in [5, 5.41) is 7.37. The molecule has 70 valence electrons. The number of hydrogen-bond donors (Lipinski definition) is 2. The maximum Gasteiger partial charge on any atom is 0.0716 e. The molecule has 1 saturated heterocycles. The van der Waals surface area contributed by atoms with Crippen LogP contribution in [-0.2, 0) is 0 Å². The lowest BCUT2D eigenvalue weighted by Crippen LogP contribution is -2.56. The molecular weight excluding hydrogens is 148 g/mol. The van der Waals surface area contributed by atoms with E-state index in [2.05, 4.69) is 24.5 Å². The minimum Gasteiger partial charge on any atom is -0.298 e. The normalized spacial score (nSPS) is 48.5. The Kier molecular flexibility index (Phi) is 2.13. The predicted molar refractivity (Wildman–Crippen MR) is 51.0 cm³/mol. The molecule has 1 saturated carbocycles. The van der Waals surface area contributed by atoms with E-state index in [4.69, 9.17) is 0 Å². The summed E-state index contributed by atoms with van der Waals surface area (Å²) in [5.74, 6) is 0.802. The van der Waals surface area contributed by atoms with E-state index in [1.807, 2.05) is 0 Å². The largest absolute Gasteiger partial charge is 0.298 e. The van der Waals surface area contributed by atoms with Gasteiger partial charge in [0.25, 0.3) is 0 Å². The number of rotatable bonds is 0. The van der Waals surface area contributed by atoms with Gasteiger partial charge in [-0.2, -0.15) is 0 Å². The van der Waals surface area contributed by atoms with Gasteiger partial charge < -0.3 is 0 Å². The average Bonchev–Trinajstić information content (AvgIpc) is 2.41. The predicted octanol–water partition coefficient (Wildman–Crippen LogP) is 1.47. The van der Waals surface area contributed by atoms with Crippen LogP contribution in [0.3, 0.4) is 0 Å². The van der Waals surface area contributed by atoms with Gasteiger partial charge in [-0.3, -0.25) is 10.6 Å². The second kappa shape index (κ2) is 3.00. The van der Waals surface area contributed by atoms with Gasteiger partial charge in [0.15, 0.2) is 0 Å². The van der Waals surface area contributed by atoms with Crippen LogP contribution in [0.25, 0.3) is 0 Å². The van der Waals surface area contributed by atoms with E-state index in [1.54, 1.807) is 0 Å². The Labute approximate surface area is 75.1 Å². The van der Waals surface area contributed by atoms with Crippen LogP contribution in [0.15, 0.2) is 0 Å². The van der Waals surface area contributed by atoms with Crippen molar-refractivity contribution in [2.75, 3.05) is 6.54 Å². The number of hydrogen-bond acceptors (Lipinski definition) is 2. The van der Waals surface area contributed by atoms with Gasteiger partial charge in [0.2, 0.25) is 0 Å². The van der Waals surface area contributed by atoms with Crippen LogP contribution in [-0.4, -0.2) is 18.2 Å². The molecule has 2 heteroatoms. The fourth-order valence-corrected chi connectivity index (χ4v) is 2.70. The summed E-state index contributed by atoms with van der Waals surface area (Å²) in [6.07, 6.45) is 5.50. The van der Waals surface area contributed by atoms with E-state index in [1.165, 1.54) is 25.7 Å². The first kappa shape index (κ1) is 8.52. The van der Waals surface area contributed by atoms with Gasteiger partial charge in [0.1, 0.15) is 0 Å². The van der Waals surface area contributed by atoms with Crippen molar-refractivity contribution in [2.24, 2.45) is 5.92 Å². The first-order chi connectivity index (χ1) is 5.73. The van der Waals surface area contributed by atoms with E-state index in [9.17, 15) is 0 Å². The van der Waals surface area contributed by atoms with Gasteiger partial charge in [-0.15, -0.1) is 0 Å². The standard InChI is InChI=1S/C10H20N2/c1-8-5-3-4-6-10(8)11-7-9(2)12-10/h8-9,11-12H,3-7H2,1-2H3/t8-,9-,10+/m0/s1. The maximum absolute atomic E-state index is 3.71. The minimum atomic E-state index is 0.303. The van der Waals surface area contributed by atoms with Crippen LogP contribution in [0.2, 0.25) is 0 Å². The summed E-state index contributed by atoms with van der Waals surface area (Å²) in [7, 11) is 0. The van der Waals surface area contributed by atoms with E-state index >= 15 is 0 Å². The van der Waals surface area contributed by atoms with Crippen molar-refractivity contribution in [3.05, 3.63) is 0 Å². The summed E-state index contributed by atoms with van der Waals surface area (Å²) in [6.45, 7) is 5.78. The third-order valence-corrected chi connectivity index (χ3v) is 3.53. The molecule has 2 rings (SSSR count). The Morgan fingerprint density at radius 3 is 2.67 bits per heavy atom. The second-order valence-electron chi connectivity index (χ2n) is 4.54. The van der Waals surface area contributed by atoms with Gasteiger partial charge in [-0.25, -0.2) is 0 Å². The van der Waals surface area contributed by atoms with Gasteiger partial charge in [-0.1, -0.05) is 19.8 Å². The van der Waals surface area contributed by atoms with Crippen molar-refractivity contribution >= 4 is 0 Å².